The second-order valence-corrected chi connectivity index (χ2v) is 4.08. The zero-order chi connectivity index (χ0) is 11.3. The molecule has 1 rings (SSSR count). The van der Waals surface area contributed by atoms with E-state index in [0.29, 0.717) is 12.0 Å². The van der Waals surface area contributed by atoms with Crippen molar-refractivity contribution in [3.8, 4) is 0 Å². The van der Waals surface area contributed by atoms with E-state index in [-0.39, 0.29) is 13.2 Å². The highest BCUT2D eigenvalue weighted by molar-refractivity contribution is 4.76. The van der Waals surface area contributed by atoms with Crippen molar-refractivity contribution in [1.29, 1.82) is 0 Å². The van der Waals surface area contributed by atoms with Gasteiger partial charge in [-0.05, 0) is 25.7 Å². The van der Waals surface area contributed by atoms with Crippen LogP contribution in [-0.4, -0.2) is 25.6 Å². The Morgan fingerprint density at radius 3 is 2.47 bits per heavy atom. The largest absolute Gasteiger partial charge is 0.522 e. The number of nitrogens with one attached hydrogen (secondary N) is 1. The lowest BCUT2D eigenvalue weighted by Crippen LogP contribution is -2.35. The first kappa shape index (κ1) is 12.8. The quantitative estimate of drug-likeness (QED) is 0.726. The Hall–Kier alpha value is -0.290. The van der Waals surface area contributed by atoms with E-state index in [9.17, 15) is 13.2 Å². The minimum Gasteiger partial charge on any atom is -0.312 e. The third-order valence-electron chi connectivity index (χ3n) is 2.94. The minimum absolute atomic E-state index is 0.261. The van der Waals surface area contributed by atoms with Crippen LogP contribution in [0.15, 0.2) is 0 Å². The van der Waals surface area contributed by atoms with Gasteiger partial charge in [0.2, 0.25) is 0 Å². The van der Waals surface area contributed by atoms with E-state index in [1.54, 1.807) is 0 Å². The summed E-state index contributed by atoms with van der Waals surface area (Å²) in [5.74, 6) is 0.621. The Labute approximate surface area is 88.2 Å². The van der Waals surface area contributed by atoms with Gasteiger partial charge in [-0.2, -0.15) is 0 Å². The van der Waals surface area contributed by atoms with Gasteiger partial charge in [0.25, 0.3) is 0 Å². The maximum absolute atomic E-state index is 11.6. The molecule has 0 aromatic carbocycles. The molecule has 5 heteroatoms. The zero-order valence-corrected chi connectivity index (χ0v) is 8.94. The monoisotopic (exact) mass is 225 g/mol. The van der Waals surface area contributed by atoms with Crippen LogP contribution < -0.4 is 5.32 Å². The lowest BCUT2D eigenvalue weighted by molar-refractivity contribution is -0.323. The maximum Gasteiger partial charge on any atom is 0.522 e. The van der Waals surface area contributed by atoms with Gasteiger partial charge in [0.15, 0.2) is 0 Å². The van der Waals surface area contributed by atoms with Crippen molar-refractivity contribution in [2.24, 2.45) is 5.92 Å². The first-order valence-electron chi connectivity index (χ1n) is 5.43. The second-order valence-electron chi connectivity index (χ2n) is 4.08. The van der Waals surface area contributed by atoms with Crippen LogP contribution in [0.5, 0.6) is 0 Å². The molecule has 0 aromatic heterocycles. The van der Waals surface area contributed by atoms with Gasteiger partial charge < -0.3 is 5.32 Å². The molecule has 1 aliphatic carbocycles. The summed E-state index contributed by atoms with van der Waals surface area (Å²) < 4.78 is 38.6. The molecule has 0 saturated heterocycles. The predicted octanol–water partition coefficient (Wildman–Crippen LogP) is 2.69. The fourth-order valence-electron chi connectivity index (χ4n) is 2.08. The molecule has 0 spiro atoms. The Bertz CT molecular complexity index is 178. The molecule has 0 amide bonds. The molecule has 1 N–H and O–H groups in total. The number of alkyl halides is 3. The topological polar surface area (TPSA) is 21.3 Å². The van der Waals surface area contributed by atoms with Crippen molar-refractivity contribution in [1.82, 2.24) is 5.32 Å². The molecule has 0 aromatic rings. The third-order valence-corrected chi connectivity index (χ3v) is 2.94. The molecule has 1 fully saturated rings. The van der Waals surface area contributed by atoms with Gasteiger partial charge >= 0.3 is 6.36 Å². The predicted molar refractivity (Wildman–Crippen MR) is 51.4 cm³/mol. The highest BCUT2D eigenvalue weighted by atomic mass is 19.4. The summed E-state index contributed by atoms with van der Waals surface area (Å²) in [5.41, 5.74) is 0. The molecule has 0 radical (unpaired) electrons. The highest BCUT2D eigenvalue weighted by Gasteiger charge is 2.28. The molecule has 0 heterocycles. The van der Waals surface area contributed by atoms with Crippen LogP contribution in [0.1, 0.15) is 32.6 Å². The van der Waals surface area contributed by atoms with Crippen LogP contribution in [0.4, 0.5) is 13.2 Å². The summed E-state index contributed by atoms with van der Waals surface area (Å²) in [6, 6.07) is 0.296. The van der Waals surface area contributed by atoms with Gasteiger partial charge in [-0.15, -0.1) is 13.2 Å². The maximum atomic E-state index is 11.6. The minimum atomic E-state index is -4.50. The number of halogens is 3. The molecule has 1 unspecified atom stereocenters. The molecule has 2 nitrogen and oxygen atoms in total. The van der Waals surface area contributed by atoms with Gasteiger partial charge in [-0.1, -0.05) is 12.8 Å². The van der Waals surface area contributed by atoms with E-state index in [4.69, 9.17) is 0 Å². The Morgan fingerprint density at radius 2 is 1.93 bits per heavy atom. The first-order chi connectivity index (χ1) is 6.99. The summed E-state index contributed by atoms with van der Waals surface area (Å²) in [6.45, 7) is 1.99. The van der Waals surface area contributed by atoms with Crippen LogP contribution in [0.25, 0.3) is 0 Å². The molecule has 0 bridgehead atoms. The van der Waals surface area contributed by atoms with E-state index in [2.05, 4.69) is 10.1 Å². The van der Waals surface area contributed by atoms with Crippen molar-refractivity contribution in [2.75, 3.05) is 13.2 Å². The lowest BCUT2D eigenvalue weighted by atomic mass is 10.00. The fourth-order valence-corrected chi connectivity index (χ4v) is 2.08. The van der Waals surface area contributed by atoms with Gasteiger partial charge in [0.05, 0.1) is 6.61 Å². The van der Waals surface area contributed by atoms with E-state index >= 15 is 0 Å². The lowest BCUT2D eigenvalue weighted by Gasteiger charge is -2.20. The molecule has 1 aliphatic rings. The van der Waals surface area contributed by atoms with E-state index in [1.165, 1.54) is 25.7 Å². The highest BCUT2D eigenvalue weighted by Crippen LogP contribution is 2.27. The van der Waals surface area contributed by atoms with Gasteiger partial charge in [-0.25, -0.2) is 0 Å². The number of hydrogen-bond acceptors (Lipinski definition) is 2. The zero-order valence-electron chi connectivity index (χ0n) is 8.94. The normalized spacial score (nSPS) is 20.8. The number of ether oxygens (including phenoxy) is 1. The van der Waals surface area contributed by atoms with Crippen molar-refractivity contribution in [2.45, 2.75) is 45.0 Å². The second kappa shape index (κ2) is 5.70. The molecule has 1 saturated carbocycles. The van der Waals surface area contributed by atoms with Crippen molar-refractivity contribution in [3.63, 3.8) is 0 Å². The number of hydrogen-bond donors (Lipinski definition) is 1. The molecular weight excluding hydrogens is 207 g/mol. The molecule has 15 heavy (non-hydrogen) atoms. The summed E-state index contributed by atoms with van der Waals surface area (Å²) in [4.78, 5) is 0. The summed E-state index contributed by atoms with van der Waals surface area (Å²) in [5, 5.41) is 3.07. The first-order valence-corrected chi connectivity index (χ1v) is 5.43. The van der Waals surface area contributed by atoms with Crippen LogP contribution in [0, 0.1) is 5.92 Å². The van der Waals surface area contributed by atoms with Gasteiger partial charge in [-0.3, -0.25) is 4.74 Å². The van der Waals surface area contributed by atoms with Crippen molar-refractivity contribution < 1.29 is 17.9 Å². The summed E-state index contributed by atoms with van der Waals surface area (Å²) in [7, 11) is 0. The average molecular weight is 225 g/mol. The van der Waals surface area contributed by atoms with Crippen molar-refractivity contribution >= 4 is 0 Å². The van der Waals surface area contributed by atoms with Crippen LogP contribution in [-0.2, 0) is 4.74 Å². The van der Waals surface area contributed by atoms with E-state index in [1.807, 2.05) is 6.92 Å². The van der Waals surface area contributed by atoms with Crippen LogP contribution >= 0.6 is 0 Å². The Balaban J connectivity index is 2.04. The average Bonchev–Trinajstić information content (AvgIpc) is 2.63. The standard InChI is InChI=1S/C10H18F3NO/c1-8(9-4-2-3-5-9)14-6-7-15-10(11,12)13/h8-9,14H,2-7H2,1H3. The Kier molecular flexibility index (Phi) is 4.86. The number of rotatable bonds is 5. The van der Waals surface area contributed by atoms with Gasteiger partial charge in [0.1, 0.15) is 0 Å². The molecular formula is C10H18F3NO. The molecule has 1 atom stereocenters. The van der Waals surface area contributed by atoms with Crippen LogP contribution in [0.2, 0.25) is 0 Å². The van der Waals surface area contributed by atoms with Gasteiger partial charge in [0, 0.05) is 12.6 Å². The smallest absolute Gasteiger partial charge is 0.312 e. The van der Waals surface area contributed by atoms with E-state index < -0.39 is 6.36 Å². The van der Waals surface area contributed by atoms with Crippen LogP contribution in [0.3, 0.4) is 0 Å². The Morgan fingerprint density at radius 1 is 1.33 bits per heavy atom. The summed E-state index contributed by atoms with van der Waals surface area (Å²) >= 11 is 0. The molecule has 0 aliphatic heterocycles. The fraction of sp³-hybridized carbons (Fsp3) is 1.00. The third kappa shape index (κ3) is 5.37. The SMILES string of the molecule is CC(NCCOC(F)(F)F)C1CCCC1. The summed E-state index contributed by atoms with van der Waals surface area (Å²) in [6.07, 6.45) is 0.367. The molecule has 90 valence electrons. The van der Waals surface area contributed by atoms with E-state index in [0.717, 1.165) is 0 Å². The van der Waals surface area contributed by atoms with Crippen molar-refractivity contribution in [3.05, 3.63) is 0 Å².